The van der Waals surface area contributed by atoms with Crippen LogP contribution in [-0.4, -0.2) is 17.3 Å². The van der Waals surface area contributed by atoms with Crippen LogP contribution in [0.3, 0.4) is 0 Å². The average molecular weight is 264 g/mol. The molecule has 48 valence electrons. The molecule has 0 aliphatic rings. The van der Waals surface area contributed by atoms with Crippen LogP contribution in [0.1, 0.15) is 0 Å². The Morgan fingerprint density at radius 2 is 1.22 bits per heavy atom. The minimum absolute atomic E-state index is 0. The first-order chi connectivity index (χ1) is 3.41. The molecule has 0 saturated carbocycles. The maximum absolute atomic E-state index is 6.75. The molecule has 0 aromatic heterocycles. The molecular formula is C3H9ClN3NaSn. The fourth-order valence-electron chi connectivity index (χ4n) is 0. The summed E-state index contributed by atoms with van der Waals surface area (Å²) in [6.07, 6.45) is 0. The molecule has 3 nitrogen and oxygen atoms in total. The third kappa shape index (κ3) is 263. The van der Waals surface area contributed by atoms with E-state index in [1.165, 1.54) is 4.91 Å². The third-order valence-corrected chi connectivity index (χ3v) is 0. The summed E-state index contributed by atoms with van der Waals surface area (Å²) in [6, 6.07) is 0. The van der Waals surface area contributed by atoms with Crippen molar-refractivity contribution in [2.45, 2.75) is 14.8 Å². The van der Waals surface area contributed by atoms with Gasteiger partial charge in [-0.25, -0.2) is 0 Å². The molecule has 0 atom stereocenters. The van der Waals surface area contributed by atoms with Crippen molar-refractivity contribution in [2.24, 2.45) is 0 Å². The molecule has 0 aromatic rings. The average Bonchev–Trinajstić information content (AvgIpc) is 1.27. The second kappa shape index (κ2) is 9.40. The Hall–Kier alpha value is 1.40. The van der Waals surface area contributed by atoms with E-state index < -0.39 is 17.3 Å². The smallest absolute Gasteiger partial charge is 0.373 e. The second-order valence-electron chi connectivity index (χ2n) is 2.16. The fraction of sp³-hybridized carbons (Fsp3) is 1.00. The molecule has 0 unspecified atom stereocenters. The van der Waals surface area contributed by atoms with Gasteiger partial charge in [-0.1, -0.05) is 0 Å². The van der Waals surface area contributed by atoms with Gasteiger partial charge in [0.05, 0.1) is 0 Å². The van der Waals surface area contributed by atoms with E-state index in [1.54, 1.807) is 0 Å². The standard InChI is InChI=1S/3CH3.ClH.N3.Na.Sn/c;;;;1-3-2;;/h3*1H3;1H;;;/q;;;;-1;2*+1/p-1. The minimum Gasteiger partial charge on any atom is -0.373 e. The predicted octanol–water partition coefficient (Wildman–Crippen LogP) is -0.0698. The largest absolute Gasteiger partial charge is 1.00 e. The zero-order valence-electron chi connectivity index (χ0n) is 6.22. The molecule has 0 aromatic carbocycles. The maximum Gasteiger partial charge on any atom is 1.00 e. The Labute approximate surface area is 85.5 Å². The Kier molecular flexibility index (Phi) is 17.5. The van der Waals surface area contributed by atoms with E-state index in [1.807, 2.05) is 0 Å². The Balaban J connectivity index is -0.0000000800. The summed E-state index contributed by atoms with van der Waals surface area (Å²) in [7, 11) is 5.74. The van der Waals surface area contributed by atoms with E-state index in [9.17, 15) is 0 Å². The van der Waals surface area contributed by atoms with Gasteiger partial charge < -0.3 is 11.1 Å². The molecule has 0 spiro atoms. The van der Waals surface area contributed by atoms with Crippen LogP contribution in [-0.2, 0) is 0 Å². The van der Waals surface area contributed by atoms with Gasteiger partial charge in [-0.05, 0) is 0 Å². The Bertz CT molecular complexity index is 79.5. The van der Waals surface area contributed by atoms with Gasteiger partial charge in [-0.15, -0.1) is 0 Å². The van der Waals surface area contributed by atoms with Gasteiger partial charge in [0.1, 0.15) is 0 Å². The summed E-state index contributed by atoms with van der Waals surface area (Å²) in [4.78, 5) is 7.99. The van der Waals surface area contributed by atoms with Gasteiger partial charge in [0.2, 0.25) is 0 Å². The van der Waals surface area contributed by atoms with Crippen LogP contribution in [0, 0.1) is 0 Å². The predicted molar refractivity (Wildman–Crippen MR) is 39.3 cm³/mol. The topological polar surface area (TPSA) is 58.7 Å². The molecule has 0 amide bonds. The molecule has 0 bridgehead atoms. The zero-order chi connectivity index (χ0) is 7.21. The molecule has 0 fully saturated rings. The molecule has 0 aliphatic carbocycles. The van der Waals surface area contributed by atoms with E-state index in [0.29, 0.717) is 0 Å². The Morgan fingerprint density at radius 3 is 1.22 bits per heavy atom. The van der Waals surface area contributed by atoms with Crippen molar-refractivity contribution < 1.29 is 29.6 Å². The molecule has 6 heteroatoms. The molecule has 0 rings (SSSR count). The maximum atomic E-state index is 6.75. The van der Waals surface area contributed by atoms with Crippen LogP contribution in [0.15, 0.2) is 0 Å². The van der Waals surface area contributed by atoms with Crippen molar-refractivity contribution in [3.05, 3.63) is 16.0 Å². The molecular weight excluding hydrogens is 255 g/mol. The zero-order valence-corrected chi connectivity index (χ0v) is 11.8. The quantitative estimate of drug-likeness (QED) is 0.254. The summed E-state index contributed by atoms with van der Waals surface area (Å²) in [5.41, 5.74) is 13.5. The van der Waals surface area contributed by atoms with Crippen LogP contribution in [0.5, 0.6) is 0 Å². The van der Waals surface area contributed by atoms with Crippen molar-refractivity contribution in [2.75, 3.05) is 0 Å². The van der Waals surface area contributed by atoms with Gasteiger partial charge in [0.15, 0.2) is 0 Å². The first-order valence-electron chi connectivity index (χ1n) is 2.09. The number of halogens is 1. The van der Waals surface area contributed by atoms with Crippen molar-refractivity contribution >= 4 is 26.2 Å². The summed E-state index contributed by atoms with van der Waals surface area (Å²) in [5.74, 6) is 0. The van der Waals surface area contributed by atoms with Gasteiger partial charge in [-0.2, -0.15) is 0 Å². The monoisotopic (exact) mass is 265 g/mol. The summed E-state index contributed by atoms with van der Waals surface area (Å²) >= 11 is -1.71. The molecule has 0 radical (unpaired) electrons. The molecule has 0 heterocycles. The minimum atomic E-state index is -1.71. The summed E-state index contributed by atoms with van der Waals surface area (Å²) in [6.45, 7) is 0. The van der Waals surface area contributed by atoms with Crippen molar-refractivity contribution in [1.82, 2.24) is 0 Å². The van der Waals surface area contributed by atoms with E-state index >= 15 is 0 Å². The Morgan fingerprint density at radius 1 is 1.22 bits per heavy atom. The second-order valence-corrected chi connectivity index (χ2v) is 21.6. The van der Waals surface area contributed by atoms with Gasteiger partial charge in [0, 0.05) is 0 Å². The van der Waals surface area contributed by atoms with Gasteiger partial charge in [-0.3, -0.25) is 4.91 Å². The molecule has 0 saturated heterocycles. The fourth-order valence-corrected chi connectivity index (χ4v) is 0. The van der Waals surface area contributed by atoms with E-state index in [4.69, 9.17) is 20.0 Å². The van der Waals surface area contributed by atoms with E-state index in [-0.39, 0.29) is 29.6 Å². The summed E-state index contributed by atoms with van der Waals surface area (Å²) in [5, 5.41) is 0. The first kappa shape index (κ1) is 16.8. The summed E-state index contributed by atoms with van der Waals surface area (Å²) < 4.78 is 0. The van der Waals surface area contributed by atoms with E-state index in [2.05, 4.69) is 14.8 Å². The number of nitrogens with zero attached hydrogens (tertiary/aromatic N) is 3. The molecule has 0 N–H and O–H groups in total. The van der Waals surface area contributed by atoms with Crippen molar-refractivity contribution in [3.63, 3.8) is 0 Å². The normalized spacial score (nSPS) is 7.56. The van der Waals surface area contributed by atoms with Crippen LogP contribution in [0.2, 0.25) is 14.8 Å². The van der Waals surface area contributed by atoms with Gasteiger partial charge in [0.25, 0.3) is 0 Å². The SMILES string of the molecule is [CH3][Sn]([CH3])([CH3])[Cl].[N-]=[N+]=[N-].[Na+]. The van der Waals surface area contributed by atoms with Crippen molar-refractivity contribution in [3.8, 4) is 0 Å². The van der Waals surface area contributed by atoms with Crippen LogP contribution < -0.4 is 29.6 Å². The van der Waals surface area contributed by atoms with Crippen LogP contribution in [0.25, 0.3) is 16.0 Å². The van der Waals surface area contributed by atoms with E-state index in [0.717, 1.165) is 0 Å². The van der Waals surface area contributed by atoms with Crippen LogP contribution in [0.4, 0.5) is 0 Å². The van der Waals surface area contributed by atoms with Crippen LogP contribution >= 0.6 is 8.92 Å². The number of hydrogen-bond donors (Lipinski definition) is 0. The van der Waals surface area contributed by atoms with Gasteiger partial charge >= 0.3 is 70.5 Å². The first-order valence-corrected chi connectivity index (χ1v) is 14.3. The molecule has 9 heavy (non-hydrogen) atoms. The number of hydrogen-bond acceptors (Lipinski definition) is 0. The molecule has 0 aliphatic heterocycles. The van der Waals surface area contributed by atoms with Crippen molar-refractivity contribution in [1.29, 1.82) is 0 Å². The third-order valence-electron chi connectivity index (χ3n) is 0. The number of rotatable bonds is 0.